The summed E-state index contributed by atoms with van der Waals surface area (Å²) >= 11 is 0. The van der Waals surface area contributed by atoms with Gasteiger partial charge in [0.2, 0.25) is 0 Å². The lowest BCUT2D eigenvalue weighted by molar-refractivity contribution is 0.396. The summed E-state index contributed by atoms with van der Waals surface area (Å²) in [5, 5.41) is 3.68. The van der Waals surface area contributed by atoms with E-state index >= 15 is 0 Å². The lowest BCUT2D eigenvalue weighted by Crippen LogP contribution is -2.35. The molecule has 114 valence electrons. The second kappa shape index (κ2) is 9.79. The molecule has 0 fully saturated rings. The predicted octanol–water partition coefficient (Wildman–Crippen LogP) is 5.80. The van der Waals surface area contributed by atoms with Crippen LogP contribution < -0.4 is 5.32 Å². The van der Waals surface area contributed by atoms with Crippen LogP contribution in [0.1, 0.15) is 78.6 Å². The number of unbranched alkanes of at least 4 members (excludes halogenated alkanes) is 5. The van der Waals surface area contributed by atoms with Gasteiger partial charge in [0.25, 0.3) is 0 Å². The van der Waals surface area contributed by atoms with E-state index in [2.05, 4.69) is 43.2 Å². The molecule has 0 aliphatic heterocycles. The summed E-state index contributed by atoms with van der Waals surface area (Å²) in [6, 6.07) is 6.10. The summed E-state index contributed by atoms with van der Waals surface area (Å²) < 4.78 is 0. The Morgan fingerprint density at radius 1 is 0.950 bits per heavy atom. The number of anilines is 1. The molecule has 0 amide bonds. The Labute approximate surface area is 125 Å². The quantitative estimate of drug-likeness (QED) is 0.516. The van der Waals surface area contributed by atoms with E-state index in [-0.39, 0.29) is 5.54 Å². The first-order valence-electron chi connectivity index (χ1n) is 8.39. The number of hydrogen-bond donors (Lipinski definition) is 1. The standard InChI is InChI=1S/C18H32N2/c1-4-6-8-11-15-18(3,14-10-7-5-2)20-17-13-9-12-16-19-17/h9,12-13,16H,4-8,10-11,14-15H2,1-3H3,(H,19,20). The maximum Gasteiger partial charge on any atom is 0.126 e. The van der Waals surface area contributed by atoms with Crippen molar-refractivity contribution in [3.8, 4) is 0 Å². The van der Waals surface area contributed by atoms with Crippen molar-refractivity contribution in [3.63, 3.8) is 0 Å². The Kier molecular flexibility index (Phi) is 8.32. The minimum absolute atomic E-state index is 0.192. The van der Waals surface area contributed by atoms with Crippen molar-refractivity contribution in [3.05, 3.63) is 24.4 Å². The van der Waals surface area contributed by atoms with Crippen LogP contribution >= 0.6 is 0 Å². The maximum atomic E-state index is 4.43. The number of aromatic nitrogens is 1. The molecule has 0 bridgehead atoms. The normalized spacial score (nSPS) is 13.9. The highest BCUT2D eigenvalue weighted by Crippen LogP contribution is 2.26. The van der Waals surface area contributed by atoms with Crippen molar-refractivity contribution in [1.29, 1.82) is 0 Å². The van der Waals surface area contributed by atoms with Crippen LogP contribution in [0.15, 0.2) is 24.4 Å². The molecule has 2 heteroatoms. The van der Waals surface area contributed by atoms with E-state index < -0.39 is 0 Å². The Hall–Kier alpha value is -1.05. The van der Waals surface area contributed by atoms with Crippen LogP contribution in [0, 0.1) is 0 Å². The molecule has 0 aromatic carbocycles. The van der Waals surface area contributed by atoms with Gasteiger partial charge >= 0.3 is 0 Å². The first-order chi connectivity index (χ1) is 9.70. The molecule has 1 unspecified atom stereocenters. The minimum atomic E-state index is 0.192. The zero-order valence-electron chi connectivity index (χ0n) is 13.6. The molecule has 0 spiro atoms. The van der Waals surface area contributed by atoms with Crippen molar-refractivity contribution in [2.75, 3.05) is 5.32 Å². The van der Waals surface area contributed by atoms with Gasteiger partial charge in [-0.15, -0.1) is 0 Å². The summed E-state index contributed by atoms with van der Waals surface area (Å²) in [6.45, 7) is 6.90. The number of pyridine rings is 1. The van der Waals surface area contributed by atoms with Gasteiger partial charge in [-0.1, -0.05) is 64.9 Å². The third-order valence-electron chi connectivity index (χ3n) is 4.01. The highest BCUT2D eigenvalue weighted by molar-refractivity contribution is 5.36. The molecular formula is C18H32N2. The molecule has 0 aliphatic carbocycles. The maximum absolute atomic E-state index is 4.43. The molecule has 0 radical (unpaired) electrons. The number of nitrogens with one attached hydrogen (secondary N) is 1. The molecule has 1 atom stereocenters. The summed E-state index contributed by atoms with van der Waals surface area (Å²) in [5.74, 6) is 1.02. The average Bonchev–Trinajstić information content (AvgIpc) is 2.45. The van der Waals surface area contributed by atoms with Crippen molar-refractivity contribution < 1.29 is 0 Å². The second-order valence-electron chi connectivity index (χ2n) is 6.17. The third-order valence-corrected chi connectivity index (χ3v) is 4.01. The Bertz CT molecular complexity index is 337. The van der Waals surface area contributed by atoms with E-state index in [4.69, 9.17) is 0 Å². The highest BCUT2D eigenvalue weighted by atomic mass is 15.0. The minimum Gasteiger partial charge on any atom is -0.365 e. The topological polar surface area (TPSA) is 24.9 Å². The summed E-state index contributed by atoms with van der Waals surface area (Å²) in [6.07, 6.45) is 13.6. The average molecular weight is 276 g/mol. The van der Waals surface area contributed by atoms with Gasteiger partial charge < -0.3 is 5.32 Å². The molecule has 1 heterocycles. The molecule has 0 aliphatic rings. The van der Waals surface area contributed by atoms with Crippen molar-refractivity contribution >= 4 is 5.82 Å². The van der Waals surface area contributed by atoms with Crippen LogP contribution in [0.4, 0.5) is 5.82 Å². The summed E-state index contributed by atoms with van der Waals surface area (Å²) in [5.41, 5.74) is 0.192. The van der Waals surface area contributed by atoms with Crippen LogP contribution in [-0.2, 0) is 0 Å². The van der Waals surface area contributed by atoms with Gasteiger partial charge in [-0.05, 0) is 31.9 Å². The fourth-order valence-corrected chi connectivity index (χ4v) is 2.70. The van der Waals surface area contributed by atoms with Crippen LogP contribution in [0.3, 0.4) is 0 Å². The predicted molar refractivity (Wildman–Crippen MR) is 89.2 cm³/mol. The first kappa shape index (κ1) is 17.0. The van der Waals surface area contributed by atoms with Crippen LogP contribution in [0.5, 0.6) is 0 Å². The van der Waals surface area contributed by atoms with E-state index in [0.29, 0.717) is 0 Å². The highest BCUT2D eigenvalue weighted by Gasteiger charge is 2.23. The fourth-order valence-electron chi connectivity index (χ4n) is 2.70. The van der Waals surface area contributed by atoms with Gasteiger partial charge in [-0.2, -0.15) is 0 Å². The number of nitrogens with zero attached hydrogens (tertiary/aromatic N) is 1. The SMILES string of the molecule is CCCCCCC(C)(CCCCC)Nc1ccccn1. The van der Waals surface area contributed by atoms with Gasteiger partial charge in [-0.25, -0.2) is 4.98 Å². The third kappa shape index (κ3) is 6.93. The molecular weight excluding hydrogens is 244 g/mol. The molecule has 0 saturated heterocycles. The Morgan fingerprint density at radius 3 is 2.20 bits per heavy atom. The van der Waals surface area contributed by atoms with E-state index in [1.165, 1.54) is 57.8 Å². The molecule has 20 heavy (non-hydrogen) atoms. The molecule has 1 N–H and O–H groups in total. The second-order valence-corrected chi connectivity index (χ2v) is 6.17. The van der Waals surface area contributed by atoms with Gasteiger partial charge in [-0.3, -0.25) is 0 Å². The zero-order chi connectivity index (χ0) is 14.7. The van der Waals surface area contributed by atoms with Crippen molar-refractivity contribution in [2.45, 2.75) is 84.1 Å². The summed E-state index contributed by atoms with van der Waals surface area (Å²) in [4.78, 5) is 4.43. The van der Waals surface area contributed by atoms with Gasteiger partial charge in [0.1, 0.15) is 5.82 Å². The molecule has 1 aromatic rings. The Morgan fingerprint density at radius 2 is 1.60 bits per heavy atom. The summed E-state index contributed by atoms with van der Waals surface area (Å²) in [7, 11) is 0. The Balaban J connectivity index is 2.52. The van der Waals surface area contributed by atoms with Crippen LogP contribution in [0.25, 0.3) is 0 Å². The lowest BCUT2D eigenvalue weighted by Gasteiger charge is -2.32. The van der Waals surface area contributed by atoms with Gasteiger partial charge in [0.05, 0.1) is 0 Å². The van der Waals surface area contributed by atoms with Gasteiger partial charge in [0.15, 0.2) is 0 Å². The van der Waals surface area contributed by atoms with E-state index in [9.17, 15) is 0 Å². The fraction of sp³-hybridized carbons (Fsp3) is 0.722. The van der Waals surface area contributed by atoms with Crippen LogP contribution in [-0.4, -0.2) is 10.5 Å². The van der Waals surface area contributed by atoms with Crippen molar-refractivity contribution in [1.82, 2.24) is 4.98 Å². The van der Waals surface area contributed by atoms with E-state index in [1.807, 2.05) is 12.3 Å². The number of rotatable bonds is 11. The van der Waals surface area contributed by atoms with E-state index in [1.54, 1.807) is 0 Å². The monoisotopic (exact) mass is 276 g/mol. The lowest BCUT2D eigenvalue weighted by atomic mass is 9.88. The van der Waals surface area contributed by atoms with E-state index in [0.717, 1.165) is 5.82 Å². The number of hydrogen-bond acceptors (Lipinski definition) is 2. The smallest absolute Gasteiger partial charge is 0.126 e. The zero-order valence-corrected chi connectivity index (χ0v) is 13.6. The first-order valence-corrected chi connectivity index (χ1v) is 8.39. The molecule has 2 nitrogen and oxygen atoms in total. The van der Waals surface area contributed by atoms with Gasteiger partial charge in [0, 0.05) is 11.7 Å². The largest absolute Gasteiger partial charge is 0.365 e. The molecule has 0 saturated carbocycles. The van der Waals surface area contributed by atoms with Crippen molar-refractivity contribution in [2.24, 2.45) is 0 Å². The molecule has 1 aromatic heterocycles. The molecule has 1 rings (SSSR count). The van der Waals surface area contributed by atoms with Crippen LogP contribution in [0.2, 0.25) is 0 Å².